The highest BCUT2D eigenvalue weighted by molar-refractivity contribution is 7.12. The van der Waals surface area contributed by atoms with Crippen molar-refractivity contribution in [1.82, 2.24) is 10.2 Å². The van der Waals surface area contributed by atoms with Gasteiger partial charge in [0.05, 0.1) is 5.02 Å². The normalized spacial score (nSPS) is 22.4. The Morgan fingerprint density at radius 2 is 2.25 bits per heavy atom. The van der Waals surface area contributed by atoms with E-state index in [1.165, 1.54) is 16.2 Å². The van der Waals surface area contributed by atoms with Crippen LogP contribution in [0.5, 0.6) is 0 Å². The molecule has 2 heterocycles. The van der Waals surface area contributed by atoms with Crippen LogP contribution < -0.4 is 11.1 Å². The summed E-state index contributed by atoms with van der Waals surface area (Å²) in [6.07, 6.45) is 0.479. The maximum Gasteiger partial charge on any atom is 0.266 e. The first kappa shape index (κ1) is 15.3. The summed E-state index contributed by atoms with van der Waals surface area (Å²) in [7, 11) is 0. The Bertz CT molecular complexity index is 517. The lowest BCUT2D eigenvalue weighted by Crippen LogP contribution is -2.47. The second-order valence-electron chi connectivity index (χ2n) is 5.23. The molecular formula is C13H18ClN3O2S. The van der Waals surface area contributed by atoms with Crippen LogP contribution in [0, 0.1) is 0 Å². The maximum atomic E-state index is 12.5. The third kappa shape index (κ3) is 3.13. The van der Waals surface area contributed by atoms with Gasteiger partial charge in [0.1, 0.15) is 10.9 Å². The molecule has 0 unspecified atom stereocenters. The summed E-state index contributed by atoms with van der Waals surface area (Å²) in [5.41, 5.74) is 5.91. The van der Waals surface area contributed by atoms with Crippen LogP contribution in [0.25, 0.3) is 0 Å². The van der Waals surface area contributed by atoms with Gasteiger partial charge in [0.15, 0.2) is 0 Å². The molecule has 0 bridgehead atoms. The van der Waals surface area contributed by atoms with E-state index in [1.54, 1.807) is 11.4 Å². The summed E-state index contributed by atoms with van der Waals surface area (Å²) in [5.74, 6) is -0.379. The van der Waals surface area contributed by atoms with Crippen LogP contribution >= 0.6 is 22.9 Å². The third-order valence-corrected chi connectivity index (χ3v) is 4.47. The van der Waals surface area contributed by atoms with E-state index in [4.69, 9.17) is 17.3 Å². The zero-order valence-electron chi connectivity index (χ0n) is 11.4. The van der Waals surface area contributed by atoms with Crippen molar-refractivity contribution in [3.63, 3.8) is 0 Å². The molecule has 0 aromatic carbocycles. The van der Waals surface area contributed by atoms with Crippen LogP contribution in [-0.4, -0.2) is 41.4 Å². The van der Waals surface area contributed by atoms with Crippen LogP contribution in [0.1, 0.15) is 29.9 Å². The number of carbonyl (C=O) groups is 2. The van der Waals surface area contributed by atoms with E-state index in [-0.39, 0.29) is 23.9 Å². The number of amides is 2. The monoisotopic (exact) mass is 315 g/mol. The van der Waals surface area contributed by atoms with Gasteiger partial charge in [-0.15, -0.1) is 11.3 Å². The quantitative estimate of drug-likeness (QED) is 0.887. The number of hydrogen-bond acceptors (Lipinski definition) is 4. The van der Waals surface area contributed by atoms with Crippen molar-refractivity contribution >= 4 is 34.8 Å². The number of rotatable bonds is 3. The van der Waals surface area contributed by atoms with Crippen LogP contribution in [-0.2, 0) is 4.79 Å². The number of hydrogen-bond donors (Lipinski definition) is 2. The number of likely N-dealkylation sites (tertiary alicyclic amines) is 1. The van der Waals surface area contributed by atoms with Gasteiger partial charge < -0.3 is 16.0 Å². The topological polar surface area (TPSA) is 75.4 Å². The second kappa shape index (κ2) is 6.11. The van der Waals surface area contributed by atoms with Gasteiger partial charge >= 0.3 is 0 Å². The predicted molar refractivity (Wildman–Crippen MR) is 80.0 cm³/mol. The summed E-state index contributed by atoms with van der Waals surface area (Å²) in [4.78, 5) is 26.7. The van der Waals surface area contributed by atoms with E-state index in [0.29, 0.717) is 22.9 Å². The van der Waals surface area contributed by atoms with Crippen molar-refractivity contribution in [3.8, 4) is 0 Å². The third-order valence-electron chi connectivity index (χ3n) is 3.14. The summed E-state index contributed by atoms with van der Waals surface area (Å²) < 4.78 is 0. The van der Waals surface area contributed by atoms with Crippen molar-refractivity contribution in [2.45, 2.75) is 38.4 Å². The number of nitrogens with zero attached hydrogens (tertiary/aromatic N) is 1. The van der Waals surface area contributed by atoms with E-state index < -0.39 is 6.04 Å². The van der Waals surface area contributed by atoms with E-state index in [0.717, 1.165) is 0 Å². The lowest BCUT2D eigenvalue weighted by atomic mass is 10.1. The molecule has 20 heavy (non-hydrogen) atoms. The fraction of sp³-hybridized carbons (Fsp3) is 0.538. The lowest BCUT2D eigenvalue weighted by Gasteiger charge is -2.24. The Kier molecular flexibility index (Phi) is 4.67. The molecule has 1 saturated heterocycles. The molecule has 1 aromatic heterocycles. The predicted octanol–water partition coefficient (Wildman–Crippen LogP) is 1.47. The zero-order valence-corrected chi connectivity index (χ0v) is 13.0. The van der Waals surface area contributed by atoms with E-state index in [1.807, 2.05) is 13.8 Å². The zero-order chi connectivity index (χ0) is 14.9. The Morgan fingerprint density at radius 1 is 1.55 bits per heavy atom. The molecule has 0 spiro atoms. The van der Waals surface area contributed by atoms with Gasteiger partial charge in [0.25, 0.3) is 5.91 Å². The summed E-state index contributed by atoms with van der Waals surface area (Å²) in [6, 6.07) is 1.01. The first-order chi connectivity index (χ1) is 9.40. The molecule has 1 fully saturated rings. The molecule has 1 aliphatic rings. The van der Waals surface area contributed by atoms with E-state index >= 15 is 0 Å². The number of carbonyl (C=O) groups excluding carboxylic acids is 2. The fourth-order valence-electron chi connectivity index (χ4n) is 2.30. The lowest BCUT2D eigenvalue weighted by molar-refractivity contribution is -0.125. The summed E-state index contributed by atoms with van der Waals surface area (Å²) in [5, 5.41) is 5.01. The molecule has 110 valence electrons. The number of halogens is 1. The molecule has 0 saturated carbocycles. The average molecular weight is 316 g/mol. The Labute approximate surface area is 127 Å². The molecule has 7 heteroatoms. The second-order valence-corrected chi connectivity index (χ2v) is 6.55. The Hall–Kier alpha value is -1.11. The van der Waals surface area contributed by atoms with Crippen LogP contribution in [0.2, 0.25) is 5.02 Å². The van der Waals surface area contributed by atoms with Gasteiger partial charge in [0.2, 0.25) is 5.91 Å². The first-order valence-electron chi connectivity index (χ1n) is 6.50. The smallest absolute Gasteiger partial charge is 0.266 e. The number of nitrogens with two attached hydrogens (primary N) is 1. The van der Waals surface area contributed by atoms with Gasteiger partial charge in [-0.05, 0) is 31.7 Å². The molecule has 0 radical (unpaired) electrons. The van der Waals surface area contributed by atoms with Crippen molar-refractivity contribution in [3.05, 3.63) is 21.3 Å². The number of thiophene rings is 1. The molecule has 0 aliphatic carbocycles. The highest BCUT2D eigenvalue weighted by atomic mass is 35.5. The Morgan fingerprint density at radius 3 is 2.80 bits per heavy atom. The van der Waals surface area contributed by atoms with Gasteiger partial charge in [-0.1, -0.05) is 11.6 Å². The summed E-state index contributed by atoms with van der Waals surface area (Å²) in [6.45, 7) is 4.15. The molecule has 3 N–H and O–H groups in total. The molecule has 2 atom stereocenters. The van der Waals surface area contributed by atoms with Gasteiger partial charge in [-0.25, -0.2) is 0 Å². The molecular weight excluding hydrogens is 298 g/mol. The molecule has 1 aliphatic heterocycles. The van der Waals surface area contributed by atoms with E-state index in [9.17, 15) is 9.59 Å². The minimum atomic E-state index is -0.516. The standard InChI is InChI=1S/C13H18ClN3O2S/c1-7(2)16-12(18)10-5-8(15)6-17(10)13(19)11-9(14)3-4-20-11/h3-4,7-8,10H,5-6,15H2,1-2H3,(H,16,18)/t8-,10+/m1/s1. The molecule has 1 aromatic rings. The van der Waals surface area contributed by atoms with Crippen molar-refractivity contribution in [2.75, 3.05) is 6.54 Å². The Balaban J connectivity index is 2.18. The van der Waals surface area contributed by atoms with Gasteiger partial charge in [-0.3, -0.25) is 9.59 Å². The van der Waals surface area contributed by atoms with Crippen molar-refractivity contribution in [2.24, 2.45) is 5.73 Å². The van der Waals surface area contributed by atoms with Crippen molar-refractivity contribution in [1.29, 1.82) is 0 Å². The highest BCUT2D eigenvalue weighted by Gasteiger charge is 2.39. The number of nitrogens with one attached hydrogen (secondary N) is 1. The average Bonchev–Trinajstić information content (AvgIpc) is 2.93. The van der Waals surface area contributed by atoms with Crippen LogP contribution in [0.4, 0.5) is 0 Å². The van der Waals surface area contributed by atoms with Crippen LogP contribution in [0.3, 0.4) is 0 Å². The molecule has 5 nitrogen and oxygen atoms in total. The minimum absolute atomic E-state index is 0.0293. The fourth-order valence-corrected chi connectivity index (χ4v) is 3.39. The van der Waals surface area contributed by atoms with Gasteiger partial charge in [0, 0.05) is 18.6 Å². The van der Waals surface area contributed by atoms with Gasteiger partial charge in [-0.2, -0.15) is 0 Å². The van der Waals surface area contributed by atoms with Crippen molar-refractivity contribution < 1.29 is 9.59 Å². The SMILES string of the molecule is CC(C)NC(=O)[C@@H]1C[C@@H](N)CN1C(=O)c1sccc1Cl. The first-order valence-corrected chi connectivity index (χ1v) is 7.75. The summed E-state index contributed by atoms with van der Waals surface area (Å²) >= 11 is 7.27. The van der Waals surface area contributed by atoms with E-state index in [2.05, 4.69) is 5.32 Å². The molecule has 2 amide bonds. The molecule has 2 rings (SSSR count). The van der Waals surface area contributed by atoms with Crippen LogP contribution in [0.15, 0.2) is 11.4 Å². The maximum absolute atomic E-state index is 12.5. The highest BCUT2D eigenvalue weighted by Crippen LogP contribution is 2.27. The minimum Gasteiger partial charge on any atom is -0.352 e. The largest absolute Gasteiger partial charge is 0.352 e.